The lowest BCUT2D eigenvalue weighted by molar-refractivity contribution is 0.250. The van der Waals surface area contributed by atoms with Gasteiger partial charge in [-0.25, -0.2) is 8.42 Å². The van der Waals surface area contributed by atoms with Crippen LogP contribution in [-0.4, -0.2) is 42.0 Å². The number of sulfonamides is 1. The van der Waals surface area contributed by atoms with Crippen LogP contribution in [0, 0.1) is 6.92 Å². The number of rotatable bonds is 5. The van der Waals surface area contributed by atoms with Crippen LogP contribution in [0.15, 0.2) is 35.4 Å². The van der Waals surface area contributed by atoms with Crippen molar-refractivity contribution in [3.05, 3.63) is 36.0 Å². The lowest BCUT2D eigenvalue weighted by Crippen LogP contribution is -2.35. The van der Waals surface area contributed by atoms with Gasteiger partial charge in [0.1, 0.15) is 4.90 Å². The van der Waals surface area contributed by atoms with Gasteiger partial charge in [-0.05, 0) is 37.5 Å². The third-order valence-corrected chi connectivity index (χ3v) is 5.66. The van der Waals surface area contributed by atoms with E-state index in [1.165, 1.54) is 4.31 Å². The fourth-order valence-electron chi connectivity index (χ4n) is 2.54. The zero-order chi connectivity index (χ0) is 15.0. The molecule has 5 nitrogen and oxygen atoms in total. The minimum Gasteiger partial charge on any atom is -0.395 e. The number of para-hydroxylation sites is 1. The van der Waals surface area contributed by atoms with Crippen molar-refractivity contribution in [2.24, 2.45) is 0 Å². The third-order valence-electron chi connectivity index (χ3n) is 3.67. The minimum atomic E-state index is -3.63. The number of fused-ring (bicyclic) bond motifs is 1. The second-order valence-electron chi connectivity index (χ2n) is 5.41. The van der Waals surface area contributed by atoms with Crippen molar-refractivity contribution in [1.82, 2.24) is 9.29 Å². The zero-order valence-electron chi connectivity index (χ0n) is 11.9. The Labute approximate surface area is 124 Å². The number of pyridine rings is 1. The maximum atomic E-state index is 12.9. The summed E-state index contributed by atoms with van der Waals surface area (Å²) in [5, 5.41) is 9.97. The fourth-order valence-corrected chi connectivity index (χ4v) is 4.38. The Morgan fingerprint density at radius 3 is 2.81 bits per heavy atom. The van der Waals surface area contributed by atoms with E-state index in [1.807, 2.05) is 19.1 Å². The number of aliphatic hydroxyl groups is 1. The summed E-state index contributed by atoms with van der Waals surface area (Å²) in [6, 6.07) is 7.13. The first-order chi connectivity index (χ1) is 10.0. The number of aliphatic hydroxyl groups excluding tert-OH is 1. The molecule has 0 unspecified atom stereocenters. The number of benzene rings is 1. The first kappa shape index (κ1) is 14.4. The molecule has 0 amide bonds. The standard InChI is InChI=1S/C15H18N2O3S/c1-11-9-12-3-2-4-14(15(12)16-10-11)21(19,20)17(7-8-18)13-5-6-13/h2-4,9-10,13,18H,5-8H2,1H3. The molecule has 3 rings (SSSR count). The molecule has 0 aliphatic heterocycles. The molecule has 1 fully saturated rings. The average molecular weight is 306 g/mol. The van der Waals surface area contributed by atoms with E-state index in [1.54, 1.807) is 18.3 Å². The van der Waals surface area contributed by atoms with E-state index < -0.39 is 10.0 Å². The lowest BCUT2D eigenvalue weighted by Gasteiger charge is -2.21. The molecule has 112 valence electrons. The van der Waals surface area contributed by atoms with E-state index in [-0.39, 0.29) is 24.1 Å². The lowest BCUT2D eigenvalue weighted by atomic mass is 10.2. The Morgan fingerprint density at radius 1 is 1.38 bits per heavy atom. The maximum Gasteiger partial charge on any atom is 0.245 e. The highest BCUT2D eigenvalue weighted by molar-refractivity contribution is 7.89. The molecule has 21 heavy (non-hydrogen) atoms. The van der Waals surface area contributed by atoms with Crippen LogP contribution >= 0.6 is 0 Å². The Morgan fingerprint density at radius 2 is 2.14 bits per heavy atom. The topological polar surface area (TPSA) is 70.5 Å². The fraction of sp³-hybridized carbons (Fsp3) is 0.400. The monoisotopic (exact) mass is 306 g/mol. The van der Waals surface area contributed by atoms with Crippen molar-refractivity contribution in [1.29, 1.82) is 0 Å². The summed E-state index contributed by atoms with van der Waals surface area (Å²) in [5.74, 6) is 0. The summed E-state index contributed by atoms with van der Waals surface area (Å²) in [7, 11) is -3.63. The van der Waals surface area contributed by atoms with Crippen molar-refractivity contribution >= 4 is 20.9 Å². The molecule has 0 bridgehead atoms. The van der Waals surface area contributed by atoms with Gasteiger partial charge >= 0.3 is 0 Å². The molecule has 1 aliphatic carbocycles. The highest BCUT2D eigenvalue weighted by Crippen LogP contribution is 2.33. The smallest absolute Gasteiger partial charge is 0.245 e. The number of hydrogen-bond acceptors (Lipinski definition) is 4. The predicted molar refractivity (Wildman–Crippen MR) is 80.5 cm³/mol. The van der Waals surface area contributed by atoms with Gasteiger partial charge in [0, 0.05) is 24.2 Å². The summed E-state index contributed by atoms with van der Waals surface area (Å²) in [5.41, 5.74) is 1.48. The van der Waals surface area contributed by atoms with Crippen LogP contribution in [-0.2, 0) is 10.0 Å². The van der Waals surface area contributed by atoms with Crippen LogP contribution in [0.5, 0.6) is 0 Å². The second kappa shape index (κ2) is 5.36. The first-order valence-corrected chi connectivity index (χ1v) is 8.46. The Bertz CT molecular complexity index is 770. The van der Waals surface area contributed by atoms with Gasteiger partial charge in [0.05, 0.1) is 12.1 Å². The van der Waals surface area contributed by atoms with Crippen LogP contribution in [0.3, 0.4) is 0 Å². The largest absolute Gasteiger partial charge is 0.395 e. The van der Waals surface area contributed by atoms with Crippen molar-refractivity contribution in [2.75, 3.05) is 13.2 Å². The maximum absolute atomic E-state index is 12.9. The van der Waals surface area contributed by atoms with E-state index in [9.17, 15) is 8.42 Å². The van der Waals surface area contributed by atoms with Gasteiger partial charge in [0.25, 0.3) is 0 Å². The van der Waals surface area contributed by atoms with Gasteiger partial charge in [0.2, 0.25) is 10.0 Å². The van der Waals surface area contributed by atoms with Crippen LogP contribution in [0.25, 0.3) is 10.9 Å². The number of hydrogen-bond donors (Lipinski definition) is 1. The van der Waals surface area contributed by atoms with E-state index >= 15 is 0 Å². The number of aryl methyl sites for hydroxylation is 1. The average Bonchev–Trinajstić information content (AvgIpc) is 3.28. The van der Waals surface area contributed by atoms with Crippen LogP contribution in [0.1, 0.15) is 18.4 Å². The molecule has 1 heterocycles. The summed E-state index contributed by atoms with van der Waals surface area (Å²) in [6.45, 7) is 1.89. The Balaban J connectivity index is 2.14. The van der Waals surface area contributed by atoms with Gasteiger partial charge in [0.15, 0.2) is 0 Å². The molecular formula is C15H18N2O3S. The van der Waals surface area contributed by atoms with E-state index in [0.29, 0.717) is 5.52 Å². The highest BCUT2D eigenvalue weighted by atomic mass is 32.2. The SMILES string of the molecule is Cc1cnc2c(S(=O)(=O)N(CCO)C3CC3)cccc2c1. The van der Waals surface area contributed by atoms with Gasteiger partial charge in [-0.1, -0.05) is 12.1 Å². The number of nitrogens with zero attached hydrogens (tertiary/aromatic N) is 2. The Hall–Kier alpha value is -1.50. The van der Waals surface area contributed by atoms with Crippen molar-refractivity contribution in [3.8, 4) is 0 Å². The predicted octanol–water partition coefficient (Wildman–Crippen LogP) is 1.69. The minimum absolute atomic E-state index is 0.0165. The molecule has 2 aromatic rings. The molecular weight excluding hydrogens is 288 g/mol. The quantitative estimate of drug-likeness (QED) is 0.912. The van der Waals surface area contributed by atoms with Crippen LogP contribution in [0.4, 0.5) is 0 Å². The number of aromatic nitrogens is 1. The zero-order valence-corrected chi connectivity index (χ0v) is 12.7. The van der Waals surface area contributed by atoms with Gasteiger partial charge in [-0.3, -0.25) is 4.98 Å². The molecule has 1 saturated carbocycles. The third kappa shape index (κ3) is 2.66. The van der Waals surface area contributed by atoms with E-state index in [2.05, 4.69) is 4.98 Å². The van der Waals surface area contributed by atoms with Crippen LogP contribution < -0.4 is 0 Å². The van der Waals surface area contributed by atoms with Gasteiger partial charge in [-0.15, -0.1) is 0 Å². The van der Waals surface area contributed by atoms with Gasteiger partial charge in [-0.2, -0.15) is 4.31 Å². The molecule has 6 heteroatoms. The van der Waals surface area contributed by atoms with Crippen molar-refractivity contribution in [2.45, 2.75) is 30.7 Å². The molecule has 1 N–H and O–H groups in total. The molecule has 0 atom stereocenters. The molecule has 1 aromatic heterocycles. The summed E-state index contributed by atoms with van der Waals surface area (Å²) in [4.78, 5) is 4.52. The van der Waals surface area contributed by atoms with Crippen molar-refractivity contribution < 1.29 is 13.5 Å². The highest BCUT2D eigenvalue weighted by Gasteiger charge is 2.38. The van der Waals surface area contributed by atoms with E-state index in [4.69, 9.17) is 5.11 Å². The van der Waals surface area contributed by atoms with Crippen LogP contribution in [0.2, 0.25) is 0 Å². The molecule has 0 radical (unpaired) electrons. The summed E-state index contributed by atoms with van der Waals surface area (Å²) in [6.07, 6.45) is 3.39. The summed E-state index contributed by atoms with van der Waals surface area (Å²) >= 11 is 0. The molecule has 1 aromatic carbocycles. The normalized spacial score (nSPS) is 15.8. The Kier molecular flexibility index (Phi) is 3.69. The summed E-state index contributed by atoms with van der Waals surface area (Å²) < 4.78 is 27.2. The molecule has 1 aliphatic rings. The van der Waals surface area contributed by atoms with Crippen molar-refractivity contribution in [3.63, 3.8) is 0 Å². The van der Waals surface area contributed by atoms with E-state index in [0.717, 1.165) is 23.8 Å². The molecule has 0 saturated heterocycles. The van der Waals surface area contributed by atoms with Gasteiger partial charge < -0.3 is 5.11 Å². The first-order valence-electron chi connectivity index (χ1n) is 7.02. The molecule has 0 spiro atoms. The second-order valence-corrected chi connectivity index (χ2v) is 7.27.